The van der Waals surface area contributed by atoms with E-state index in [4.69, 9.17) is 14.2 Å². The summed E-state index contributed by atoms with van der Waals surface area (Å²) in [5, 5.41) is 0.262. The monoisotopic (exact) mass is 415 g/mol. The molecule has 2 fully saturated rings. The predicted molar refractivity (Wildman–Crippen MR) is 105 cm³/mol. The third kappa shape index (κ3) is 8.42. The fraction of sp³-hybridized carbons (Fsp3) is 0.900. The van der Waals surface area contributed by atoms with Gasteiger partial charge in [-0.1, -0.05) is 71.6 Å². The Morgan fingerprint density at radius 2 is 1.69 bits per heavy atom. The minimum absolute atomic E-state index is 0. The van der Waals surface area contributed by atoms with Crippen molar-refractivity contribution in [3.8, 4) is 0 Å². The van der Waals surface area contributed by atoms with Gasteiger partial charge in [0.05, 0.1) is 6.61 Å². The third-order valence-corrected chi connectivity index (χ3v) is 10.4. The molecule has 1 aliphatic heterocycles. The molecule has 0 saturated heterocycles. The third-order valence-electron chi connectivity index (χ3n) is 5.91. The molecule has 3 nitrogen and oxygen atoms in total. The van der Waals surface area contributed by atoms with Crippen LogP contribution >= 0.6 is 0 Å². The summed E-state index contributed by atoms with van der Waals surface area (Å²) in [6.45, 7) is 12.8. The summed E-state index contributed by atoms with van der Waals surface area (Å²) in [4.78, 5) is 4.72. The quantitative estimate of drug-likeness (QED) is 0.522. The molecule has 2 atom stereocenters. The van der Waals surface area contributed by atoms with E-state index in [0.717, 1.165) is 5.90 Å². The molecule has 2 saturated carbocycles. The van der Waals surface area contributed by atoms with Crippen LogP contribution in [0.4, 0.5) is 0 Å². The average molecular weight is 415 g/mol. The van der Waals surface area contributed by atoms with Crippen molar-refractivity contribution in [2.45, 2.75) is 96.3 Å². The number of hydrogen-bond acceptors (Lipinski definition) is 3. The van der Waals surface area contributed by atoms with E-state index in [2.05, 4.69) is 40.3 Å². The van der Waals surface area contributed by atoms with Gasteiger partial charge in [-0.25, -0.2) is 4.99 Å². The molecule has 0 amide bonds. The zero-order valence-corrected chi connectivity index (χ0v) is 20.0. The van der Waals surface area contributed by atoms with Crippen molar-refractivity contribution in [3.05, 3.63) is 6.42 Å². The van der Waals surface area contributed by atoms with Gasteiger partial charge in [-0.15, -0.1) is 0 Å². The molecule has 0 radical (unpaired) electrons. The summed E-state index contributed by atoms with van der Waals surface area (Å²) in [5.41, 5.74) is 0. The normalized spacial score (nSPS) is 25.3. The topological polar surface area (TPSA) is 30.8 Å². The van der Waals surface area contributed by atoms with Crippen LogP contribution < -0.4 is 18.9 Å². The first kappa shape index (κ1) is 26.8. The number of rotatable bonds is 4. The van der Waals surface area contributed by atoms with Gasteiger partial charge in [0.25, 0.3) is 0 Å². The van der Waals surface area contributed by atoms with E-state index < -0.39 is 8.32 Å². The van der Waals surface area contributed by atoms with E-state index in [1.807, 2.05) is 0 Å². The zero-order chi connectivity index (χ0) is 17.6. The first-order chi connectivity index (χ1) is 11.3. The van der Waals surface area contributed by atoms with E-state index in [-0.39, 0.29) is 47.0 Å². The average Bonchev–Trinajstić information content (AvgIpc) is 3.26. The molecule has 3 rings (SSSR count). The molecule has 0 aromatic heterocycles. The van der Waals surface area contributed by atoms with Crippen LogP contribution in [0.3, 0.4) is 0 Å². The predicted octanol–water partition coefficient (Wildman–Crippen LogP) is 2.76. The fourth-order valence-electron chi connectivity index (χ4n) is 3.13. The summed E-state index contributed by atoms with van der Waals surface area (Å²) in [6, 6.07) is 0.207. The largest absolute Gasteiger partial charge is 2.00 e. The van der Waals surface area contributed by atoms with Crippen LogP contribution in [0.25, 0.3) is 0 Å². The maximum atomic E-state index is 6.23. The van der Waals surface area contributed by atoms with Gasteiger partial charge in [0.1, 0.15) is 12.6 Å². The minimum Gasteiger partial charge on any atom is -0.481 e. The summed E-state index contributed by atoms with van der Waals surface area (Å²) in [7, 11) is -1.66. The summed E-state index contributed by atoms with van der Waals surface area (Å²) >= 11 is 0. The molecule has 1 heterocycles. The fourth-order valence-corrected chi connectivity index (χ4v) is 4.17. The Hall–Kier alpha value is 0.764. The maximum Gasteiger partial charge on any atom is 2.00 e. The van der Waals surface area contributed by atoms with Gasteiger partial charge in [0.2, 0.25) is 0 Å². The number of ether oxygens (including phenoxy) is 1. The molecular weight excluding hydrogens is 377 g/mol. The number of hydrogen-bond donors (Lipinski definition) is 0. The Kier molecular flexibility index (Phi) is 12.7. The van der Waals surface area contributed by atoms with Gasteiger partial charge >= 0.3 is 35.9 Å². The van der Waals surface area contributed by atoms with Gasteiger partial charge in [-0.3, -0.25) is 0 Å². The van der Waals surface area contributed by atoms with Crippen molar-refractivity contribution in [1.29, 1.82) is 0 Å². The van der Waals surface area contributed by atoms with Crippen LogP contribution in [0.5, 0.6) is 0 Å². The zero-order valence-electron chi connectivity index (χ0n) is 17.9. The van der Waals surface area contributed by atoms with E-state index >= 15 is 0 Å². The standard InChI is InChI=1S/C15H28NO2Si.C5H10.Fe.Li/c1-15(2,3)19(4,5)18-11-13-10-17-14(16-13)12-8-6-7-9-12;1-2-4-5-3-1;;/h8,12-13H,6-7,9-11H2,1-5H3;1-5H2;;/q-1;;+2;+1/t12?,13-;;;/m1.../s1. The molecule has 3 aliphatic rings. The Morgan fingerprint density at radius 3 is 2.15 bits per heavy atom. The SMILES string of the molecule is C1CCCC1.CC(C)(C)[Si](C)(C)OC[C@H]1COC(C2[CH-]CCC2)=N1.[Fe+2].[Li+]. The summed E-state index contributed by atoms with van der Waals surface area (Å²) < 4.78 is 12.0. The van der Waals surface area contributed by atoms with Crippen molar-refractivity contribution in [3.63, 3.8) is 0 Å². The molecular formula is C20H38FeLiNO2Si+2. The number of nitrogens with zero attached hydrogens (tertiary/aromatic N) is 1. The van der Waals surface area contributed by atoms with E-state index in [9.17, 15) is 0 Å². The maximum absolute atomic E-state index is 6.23. The van der Waals surface area contributed by atoms with Crippen LogP contribution in [-0.4, -0.2) is 33.5 Å². The van der Waals surface area contributed by atoms with Crippen molar-refractivity contribution in [2.24, 2.45) is 10.9 Å². The van der Waals surface area contributed by atoms with Gasteiger partial charge in [-0.2, -0.15) is 6.42 Å². The molecule has 0 spiro atoms. The Morgan fingerprint density at radius 1 is 1.12 bits per heavy atom. The summed E-state index contributed by atoms with van der Waals surface area (Å²) in [6.07, 6.45) is 13.5. The second-order valence-corrected chi connectivity index (χ2v) is 13.9. The molecule has 6 heteroatoms. The second kappa shape index (κ2) is 12.4. The van der Waals surface area contributed by atoms with E-state index in [1.165, 1.54) is 51.4 Å². The molecule has 146 valence electrons. The molecule has 0 N–H and O–H groups in total. The van der Waals surface area contributed by atoms with Crippen LogP contribution in [0, 0.1) is 12.3 Å². The molecule has 26 heavy (non-hydrogen) atoms. The number of aliphatic imine (C=N–C) groups is 1. The van der Waals surface area contributed by atoms with Crippen LogP contribution in [-0.2, 0) is 26.2 Å². The molecule has 1 unspecified atom stereocenters. The van der Waals surface area contributed by atoms with Gasteiger partial charge in [0, 0.05) is 0 Å². The smallest absolute Gasteiger partial charge is 0.481 e. The van der Waals surface area contributed by atoms with Crippen molar-refractivity contribution >= 4 is 14.2 Å². The molecule has 0 bridgehead atoms. The van der Waals surface area contributed by atoms with E-state index in [1.54, 1.807) is 0 Å². The summed E-state index contributed by atoms with van der Waals surface area (Å²) in [5.74, 6) is 1.43. The van der Waals surface area contributed by atoms with Crippen molar-refractivity contribution in [1.82, 2.24) is 0 Å². The van der Waals surface area contributed by atoms with Gasteiger partial charge in [-0.05, 0) is 18.1 Å². The molecule has 2 aliphatic carbocycles. The minimum atomic E-state index is -1.66. The second-order valence-electron chi connectivity index (χ2n) is 9.04. The van der Waals surface area contributed by atoms with Crippen molar-refractivity contribution in [2.75, 3.05) is 13.2 Å². The van der Waals surface area contributed by atoms with Gasteiger partial charge in [0.15, 0.2) is 14.2 Å². The first-order valence-corrected chi connectivity index (χ1v) is 12.9. The van der Waals surface area contributed by atoms with Crippen molar-refractivity contribution < 1.29 is 45.1 Å². The molecule has 0 aromatic rings. The van der Waals surface area contributed by atoms with E-state index in [0.29, 0.717) is 19.1 Å². The Bertz CT molecular complexity index is 409. The Balaban J connectivity index is 0.000000774. The Labute approximate surface area is 185 Å². The first-order valence-electron chi connectivity index (χ1n) is 9.97. The van der Waals surface area contributed by atoms with Crippen LogP contribution in [0.2, 0.25) is 18.1 Å². The van der Waals surface area contributed by atoms with Crippen LogP contribution in [0.1, 0.15) is 72.1 Å². The molecule has 0 aromatic carbocycles. The van der Waals surface area contributed by atoms with Gasteiger partial charge < -0.3 is 15.6 Å². The van der Waals surface area contributed by atoms with Crippen LogP contribution in [0.15, 0.2) is 4.99 Å².